The number of aryl methyl sites for hydroxylation is 1. The van der Waals surface area contributed by atoms with Crippen LogP contribution in [0.2, 0.25) is 5.02 Å². The highest BCUT2D eigenvalue weighted by atomic mass is 35.5. The van der Waals surface area contributed by atoms with Crippen molar-refractivity contribution in [3.05, 3.63) is 64.2 Å². The summed E-state index contributed by atoms with van der Waals surface area (Å²) in [5.74, 6) is -0.150. The SMILES string of the molecule is COc1ccc(Cl)cc1CC(=O)OCC(=O)N(C)[C@H]1CCCc2ccccc21. The molecule has 0 spiro atoms. The van der Waals surface area contributed by atoms with E-state index in [0.717, 1.165) is 19.3 Å². The van der Waals surface area contributed by atoms with E-state index in [9.17, 15) is 9.59 Å². The predicted molar refractivity (Wildman–Crippen MR) is 108 cm³/mol. The quantitative estimate of drug-likeness (QED) is 0.687. The van der Waals surface area contributed by atoms with Crippen LogP contribution in [0.5, 0.6) is 5.75 Å². The van der Waals surface area contributed by atoms with Crippen LogP contribution in [0, 0.1) is 0 Å². The van der Waals surface area contributed by atoms with E-state index in [1.165, 1.54) is 18.2 Å². The lowest BCUT2D eigenvalue weighted by Gasteiger charge is -2.33. The van der Waals surface area contributed by atoms with Crippen molar-refractivity contribution in [2.75, 3.05) is 20.8 Å². The van der Waals surface area contributed by atoms with E-state index >= 15 is 0 Å². The minimum atomic E-state index is -0.494. The standard InChI is InChI=1S/C22H24ClNO4/c1-24(19-9-5-7-15-6-3-4-8-18(15)19)21(25)14-28-22(26)13-16-12-17(23)10-11-20(16)27-2/h3-4,6,8,10-12,19H,5,7,9,13-14H2,1-2H3/t19-/m0/s1. The molecular formula is C22H24ClNO4. The number of hydrogen-bond donors (Lipinski definition) is 0. The lowest BCUT2D eigenvalue weighted by atomic mass is 9.87. The Morgan fingerprint density at radius 1 is 1.21 bits per heavy atom. The van der Waals surface area contributed by atoms with E-state index in [-0.39, 0.29) is 25.0 Å². The molecule has 0 radical (unpaired) electrons. The van der Waals surface area contributed by atoms with Gasteiger partial charge in [0.25, 0.3) is 5.91 Å². The van der Waals surface area contributed by atoms with E-state index in [4.69, 9.17) is 21.1 Å². The van der Waals surface area contributed by atoms with Crippen LogP contribution in [0.15, 0.2) is 42.5 Å². The smallest absolute Gasteiger partial charge is 0.310 e. The average molecular weight is 402 g/mol. The van der Waals surface area contributed by atoms with Gasteiger partial charge in [-0.1, -0.05) is 35.9 Å². The zero-order valence-corrected chi connectivity index (χ0v) is 16.9. The first kappa shape index (κ1) is 20.2. The number of hydrogen-bond acceptors (Lipinski definition) is 4. The molecule has 5 nitrogen and oxygen atoms in total. The van der Waals surface area contributed by atoms with Gasteiger partial charge in [-0.05, 0) is 48.6 Å². The van der Waals surface area contributed by atoms with Gasteiger partial charge in [-0.25, -0.2) is 0 Å². The van der Waals surface area contributed by atoms with Crippen molar-refractivity contribution in [2.24, 2.45) is 0 Å². The third-order valence-electron chi connectivity index (χ3n) is 5.13. The largest absolute Gasteiger partial charge is 0.496 e. The molecule has 0 unspecified atom stereocenters. The molecule has 28 heavy (non-hydrogen) atoms. The highest BCUT2D eigenvalue weighted by molar-refractivity contribution is 6.30. The number of benzene rings is 2. The van der Waals surface area contributed by atoms with Crippen LogP contribution >= 0.6 is 11.6 Å². The van der Waals surface area contributed by atoms with E-state index in [0.29, 0.717) is 16.3 Å². The van der Waals surface area contributed by atoms with E-state index in [1.54, 1.807) is 30.1 Å². The van der Waals surface area contributed by atoms with Gasteiger partial charge in [-0.15, -0.1) is 0 Å². The van der Waals surface area contributed by atoms with Crippen molar-refractivity contribution < 1.29 is 19.1 Å². The molecule has 0 bridgehead atoms. The van der Waals surface area contributed by atoms with Gasteiger partial charge in [0, 0.05) is 17.6 Å². The molecule has 6 heteroatoms. The molecule has 1 aliphatic rings. The molecule has 0 saturated heterocycles. The highest BCUT2D eigenvalue weighted by Gasteiger charge is 2.27. The number of rotatable bonds is 6. The first-order valence-electron chi connectivity index (χ1n) is 9.31. The monoisotopic (exact) mass is 401 g/mol. The Hall–Kier alpha value is -2.53. The van der Waals surface area contributed by atoms with Crippen molar-refractivity contribution in [3.63, 3.8) is 0 Å². The fraction of sp³-hybridized carbons (Fsp3) is 0.364. The van der Waals surface area contributed by atoms with E-state index < -0.39 is 5.97 Å². The summed E-state index contributed by atoms with van der Waals surface area (Å²) < 4.78 is 10.5. The Balaban J connectivity index is 1.58. The third-order valence-corrected chi connectivity index (χ3v) is 5.37. The van der Waals surface area contributed by atoms with Gasteiger partial charge in [-0.2, -0.15) is 0 Å². The van der Waals surface area contributed by atoms with E-state index in [2.05, 4.69) is 12.1 Å². The Kier molecular flexibility index (Phi) is 6.57. The van der Waals surface area contributed by atoms with E-state index in [1.807, 2.05) is 12.1 Å². The number of fused-ring (bicyclic) bond motifs is 1. The van der Waals surface area contributed by atoms with Gasteiger partial charge < -0.3 is 14.4 Å². The minimum absolute atomic E-state index is 0.00695. The molecule has 1 atom stereocenters. The molecule has 0 N–H and O–H groups in total. The number of ether oxygens (including phenoxy) is 2. The minimum Gasteiger partial charge on any atom is -0.496 e. The number of esters is 1. The van der Waals surface area contributed by atoms with Gasteiger partial charge in [0.2, 0.25) is 0 Å². The van der Waals surface area contributed by atoms with Gasteiger partial charge in [0.15, 0.2) is 6.61 Å². The molecule has 2 aromatic rings. The summed E-state index contributed by atoms with van der Waals surface area (Å²) >= 11 is 5.99. The molecule has 0 aromatic heterocycles. The van der Waals surface area contributed by atoms with Crippen LogP contribution in [-0.2, 0) is 27.2 Å². The molecule has 1 amide bonds. The topological polar surface area (TPSA) is 55.8 Å². The number of carbonyl (C=O) groups is 2. The Morgan fingerprint density at radius 3 is 2.79 bits per heavy atom. The molecule has 0 heterocycles. The third kappa shape index (κ3) is 4.65. The number of halogens is 1. The lowest BCUT2D eigenvalue weighted by molar-refractivity contribution is -0.152. The number of carbonyl (C=O) groups excluding carboxylic acids is 2. The van der Waals surface area contributed by atoms with Gasteiger partial charge in [0.05, 0.1) is 19.6 Å². The van der Waals surface area contributed by atoms with Crippen molar-refractivity contribution in [1.29, 1.82) is 0 Å². The van der Waals surface area contributed by atoms with Gasteiger partial charge in [-0.3, -0.25) is 9.59 Å². The van der Waals surface area contributed by atoms with Crippen molar-refractivity contribution in [1.82, 2.24) is 4.90 Å². The summed E-state index contributed by atoms with van der Waals surface area (Å²) in [7, 11) is 3.29. The molecular weight excluding hydrogens is 378 g/mol. The molecule has 3 rings (SSSR count). The number of amides is 1. The second-order valence-electron chi connectivity index (χ2n) is 6.91. The van der Waals surface area contributed by atoms with Crippen LogP contribution in [0.25, 0.3) is 0 Å². The summed E-state index contributed by atoms with van der Waals surface area (Å²) in [6.07, 6.45) is 2.97. The first-order chi connectivity index (χ1) is 13.5. The molecule has 148 valence electrons. The summed E-state index contributed by atoms with van der Waals surface area (Å²) in [5.41, 5.74) is 3.09. The maximum Gasteiger partial charge on any atom is 0.310 e. The maximum absolute atomic E-state index is 12.6. The maximum atomic E-state index is 12.6. The summed E-state index contributed by atoms with van der Waals surface area (Å²) in [6.45, 7) is -0.281. The van der Waals surface area contributed by atoms with Gasteiger partial charge in [0.1, 0.15) is 5.75 Å². The predicted octanol–water partition coefficient (Wildman–Crippen LogP) is 3.97. The van der Waals surface area contributed by atoms with Crippen LogP contribution in [-0.4, -0.2) is 37.5 Å². The number of methoxy groups -OCH3 is 1. The number of nitrogens with zero attached hydrogens (tertiary/aromatic N) is 1. The zero-order chi connectivity index (χ0) is 20.1. The summed E-state index contributed by atoms with van der Waals surface area (Å²) in [6, 6.07) is 13.3. The second-order valence-corrected chi connectivity index (χ2v) is 7.34. The summed E-state index contributed by atoms with van der Waals surface area (Å²) in [5, 5.41) is 0.510. The second kappa shape index (κ2) is 9.11. The van der Waals surface area contributed by atoms with Crippen LogP contribution in [0.4, 0.5) is 0 Å². The molecule has 1 aliphatic carbocycles. The molecule has 0 fully saturated rings. The highest BCUT2D eigenvalue weighted by Crippen LogP contribution is 2.33. The molecule has 0 saturated carbocycles. The molecule has 0 aliphatic heterocycles. The van der Waals surface area contributed by atoms with Crippen LogP contribution < -0.4 is 4.74 Å². The van der Waals surface area contributed by atoms with Crippen LogP contribution in [0.1, 0.15) is 35.6 Å². The van der Waals surface area contributed by atoms with Crippen molar-refractivity contribution in [2.45, 2.75) is 31.7 Å². The fourth-order valence-corrected chi connectivity index (χ4v) is 3.83. The normalized spacial score (nSPS) is 15.5. The Labute approximate surface area is 170 Å². The van der Waals surface area contributed by atoms with Crippen molar-refractivity contribution in [3.8, 4) is 5.75 Å². The van der Waals surface area contributed by atoms with Gasteiger partial charge >= 0.3 is 5.97 Å². The first-order valence-corrected chi connectivity index (χ1v) is 9.69. The zero-order valence-electron chi connectivity index (χ0n) is 16.1. The fourth-order valence-electron chi connectivity index (χ4n) is 3.64. The van der Waals surface area contributed by atoms with Crippen molar-refractivity contribution >= 4 is 23.5 Å². The summed E-state index contributed by atoms with van der Waals surface area (Å²) in [4.78, 5) is 26.5. The average Bonchev–Trinajstić information content (AvgIpc) is 2.71. The molecule has 2 aromatic carbocycles. The van der Waals surface area contributed by atoms with Crippen LogP contribution in [0.3, 0.4) is 0 Å². The Morgan fingerprint density at radius 2 is 2.00 bits per heavy atom. The lowest BCUT2D eigenvalue weighted by Crippen LogP contribution is -2.36. The number of likely N-dealkylation sites (N-methyl/N-ethyl adjacent to an activating group) is 1. The Bertz CT molecular complexity index is 867.